The Morgan fingerprint density at radius 1 is 1.12 bits per heavy atom. The number of benzene rings is 1. The second-order valence-corrected chi connectivity index (χ2v) is 7.05. The fraction of sp³-hybridized carbons (Fsp3) is 0. The summed E-state index contributed by atoms with van der Waals surface area (Å²) >= 11 is 4.70. The minimum Gasteiger partial charge on any atom is -0.266 e. The van der Waals surface area contributed by atoms with Crippen LogP contribution in [-0.2, 0) is 0 Å². The van der Waals surface area contributed by atoms with E-state index in [2.05, 4.69) is 41.2 Å². The number of thiophene rings is 1. The fourth-order valence-corrected chi connectivity index (χ4v) is 3.91. The zero-order valence-electron chi connectivity index (χ0n) is 11.9. The van der Waals surface area contributed by atoms with Crippen molar-refractivity contribution in [1.29, 1.82) is 0 Å². The third-order valence-electron chi connectivity index (χ3n) is 3.73. The lowest BCUT2D eigenvalue weighted by Crippen LogP contribution is -2.08. The number of nitrogens with one attached hydrogen (secondary N) is 1. The number of fused-ring (bicyclic) bond motifs is 5. The van der Waals surface area contributed by atoms with E-state index in [1.165, 1.54) is 11.3 Å². The van der Waals surface area contributed by atoms with E-state index in [-0.39, 0.29) is 5.56 Å². The van der Waals surface area contributed by atoms with Gasteiger partial charge in [-0.3, -0.25) is 4.79 Å². The normalized spacial score (nSPS) is 11.7. The Balaban J connectivity index is 1.93. The molecule has 1 aromatic carbocycles. The molecule has 0 aliphatic carbocycles. The Morgan fingerprint density at radius 2 is 1.92 bits per heavy atom. The summed E-state index contributed by atoms with van der Waals surface area (Å²) in [7, 11) is 0. The first-order valence-electron chi connectivity index (χ1n) is 6.98. The van der Waals surface area contributed by atoms with Crippen molar-refractivity contribution in [3.8, 4) is 11.3 Å². The predicted molar refractivity (Wildman–Crippen MR) is 95.2 cm³/mol. The average molecular weight is 399 g/mol. The highest BCUT2D eigenvalue weighted by atomic mass is 79.9. The summed E-state index contributed by atoms with van der Waals surface area (Å²) in [6.45, 7) is 0. The van der Waals surface area contributed by atoms with Gasteiger partial charge in [-0.2, -0.15) is 10.1 Å². The fourth-order valence-electron chi connectivity index (χ4n) is 2.68. The summed E-state index contributed by atoms with van der Waals surface area (Å²) in [5, 5.41) is 7.29. The Kier molecular flexibility index (Phi) is 2.82. The summed E-state index contributed by atoms with van der Waals surface area (Å²) in [6, 6.07) is 7.68. The van der Waals surface area contributed by atoms with Gasteiger partial charge in [0.1, 0.15) is 26.3 Å². The van der Waals surface area contributed by atoms with Gasteiger partial charge in [0.15, 0.2) is 5.65 Å². The van der Waals surface area contributed by atoms with Gasteiger partial charge < -0.3 is 0 Å². The van der Waals surface area contributed by atoms with Gasteiger partial charge in [-0.15, -0.1) is 11.3 Å². The smallest absolute Gasteiger partial charge is 0.266 e. The number of nitrogens with zero attached hydrogens (tertiary/aromatic N) is 5. The highest BCUT2D eigenvalue weighted by Crippen LogP contribution is 2.30. The lowest BCUT2D eigenvalue weighted by atomic mass is 10.1. The number of rotatable bonds is 1. The average Bonchev–Trinajstić information content (AvgIpc) is 3.17. The Morgan fingerprint density at radius 3 is 2.75 bits per heavy atom. The molecule has 0 atom stereocenters. The van der Waals surface area contributed by atoms with E-state index in [1.807, 2.05) is 24.3 Å². The largest absolute Gasteiger partial charge is 0.291 e. The Labute approximate surface area is 146 Å². The third-order valence-corrected chi connectivity index (χ3v) is 5.32. The molecule has 1 N–H and O–H groups in total. The highest BCUT2D eigenvalue weighted by molar-refractivity contribution is 9.10. The van der Waals surface area contributed by atoms with E-state index < -0.39 is 0 Å². The maximum atomic E-state index is 12.5. The van der Waals surface area contributed by atoms with Crippen LogP contribution in [0.15, 0.2) is 45.9 Å². The summed E-state index contributed by atoms with van der Waals surface area (Å²) in [6.07, 6.45) is 3.22. The molecule has 5 rings (SSSR count). The zero-order valence-corrected chi connectivity index (χ0v) is 14.3. The van der Waals surface area contributed by atoms with Crippen molar-refractivity contribution in [3.05, 3.63) is 51.5 Å². The van der Waals surface area contributed by atoms with Crippen LogP contribution in [0.4, 0.5) is 0 Å². The van der Waals surface area contributed by atoms with E-state index in [0.29, 0.717) is 31.9 Å². The van der Waals surface area contributed by atoms with Crippen LogP contribution in [0.1, 0.15) is 0 Å². The maximum Gasteiger partial charge on any atom is 0.291 e. The van der Waals surface area contributed by atoms with Crippen LogP contribution in [0.5, 0.6) is 0 Å². The van der Waals surface area contributed by atoms with Crippen molar-refractivity contribution in [2.75, 3.05) is 0 Å². The minimum absolute atomic E-state index is 0.297. The third kappa shape index (κ3) is 1.85. The van der Waals surface area contributed by atoms with Gasteiger partial charge in [0.25, 0.3) is 5.56 Å². The number of hydrogen-bond acceptors (Lipinski definition) is 6. The molecular weight excluding hydrogens is 392 g/mol. The van der Waals surface area contributed by atoms with Gasteiger partial charge >= 0.3 is 0 Å². The molecule has 0 amide bonds. The second-order valence-electron chi connectivity index (χ2n) is 5.13. The second kappa shape index (κ2) is 4.92. The molecule has 0 aliphatic heterocycles. The summed E-state index contributed by atoms with van der Waals surface area (Å²) in [5.74, 6) is 0. The molecule has 0 radical (unpaired) electrons. The topological polar surface area (TPSA) is 88.8 Å². The van der Waals surface area contributed by atoms with Crippen LogP contribution in [0.3, 0.4) is 0 Å². The van der Waals surface area contributed by atoms with Gasteiger partial charge in [0, 0.05) is 22.4 Å². The van der Waals surface area contributed by atoms with Crippen molar-refractivity contribution in [1.82, 2.24) is 29.8 Å². The number of aromatic amines is 1. The van der Waals surface area contributed by atoms with Crippen LogP contribution in [0.2, 0.25) is 0 Å². The van der Waals surface area contributed by atoms with Gasteiger partial charge in [-0.1, -0.05) is 28.1 Å². The summed E-state index contributed by atoms with van der Waals surface area (Å²) in [5.41, 5.74) is 2.99. The van der Waals surface area contributed by atoms with Crippen molar-refractivity contribution >= 4 is 53.5 Å². The molecule has 9 heteroatoms. The van der Waals surface area contributed by atoms with Crippen LogP contribution >= 0.6 is 27.3 Å². The first-order chi connectivity index (χ1) is 11.7. The lowest BCUT2D eigenvalue weighted by Gasteiger charge is -1.98. The summed E-state index contributed by atoms with van der Waals surface area (Å²) < 4.78 is 3.18. The van der Waals surface area contributed by atoms with E-state index in [9.17, 15) is 4.79 Å². The molecule has 0 aliphatic rings. The molecule has 0 saturated heterocycles. The van der Waals surface area contributed by atoms with Crippen molar-refractivity contribution in [3.63, 3.8) is 0 Å². The number of hydrogen-bond donors (Lipinski definition) is 1. The lowest BCUT2D eigenvalue weighted by molar-refractivity contribution is 0.877. The highest BCUT2D eigenvalue weighted by Gasteiger charge is 2.18. The van der Waals surface area contributed by atoms with E-state index in [0.717, 1.165) is 10.0 Å². The molecule has 0 fully saturated rings. The van der Waals surface area contributed by atoms with Gasteiger partial charge in [0.2, 0.25) is 0 Å². The van der Waals surface area contributed by atoms with Crippen molar-refractivity contribution in [2.24, 2.45) is 0 Å². The van der Waals surface area contributed by atoms with Crippen LogP contribution in [0, 0.1) is 0 Å². The number of halogens is 1. The summed E-state index contributed by atoms with van der Waals surface area (Å²) in [4.78, 5) is 26.0. The monoisotopic (exact) mass is 398 g/mol. The minimum atomic E-state index is -0.297. The van der Waals surface area contributed by atoms with Crippen molar-refractivity contribution < 1.29 is 0 Å². The SMILES string of the molecule is O=c1nc2c(-c3ccc(Br)cc3)n[nH]n2c2c1sc1nccnc12. The molecule has 0 saturated carbocycles. The van der Waals surface area contributed by atoms with Gasteiger partial charge in [-0.05, 0) is 12.1 Å². The van der Waals surface area contributed by atoms with Crippen LogP contribution < -0.4 is 5.56 Å². The molecule has 0 bridgehead atoms. The van der Waals surface area contributed by atoms with Gasteiger partial charge in [-0.25, -0.2) is 19.7 Å². The molecule has 0 spiro atoms. The molecule has 7 nitrogen and oxygen atoms in total. The molecule has 4 heterocycles. The first kappa shape index (κ1) is 13.8. The molecule has 0 unspecified atom stereocenters. The number of aromatic nitrogens is 6. The molecular formula is C15H7BrN6OS. The molecule has 116 valence electrons. The standard InChI is InChI=1S/C15H7BrN6OS/c16-8-3-1-7(2-4-8)9-13-19-14(23)12-11(22(13)21-20-9)10-15(24-12)18-6-5-17-10/h1-6,21H. The predicted octanol–water partition coefficient (Wildman–Crippen LogP) is 3.01. The molecule has 4 aromatic heterocycles. The van der Waals surface area contributed by atoms with E-state index in [4.69, 9.17) is 0 Å². The van der Waals surface area contributed by atoms with Crippen molar-refractivity contribution in [2.45, 2.75) is 0 Å². The maximum absolute atomic E-state index is 12.5. The van der Waals surface area contributed by atoms with Crippen LogP contribution in [-0.4, -0.2) is 29.8 Å². The Hall–Kier alpha value is -2.65. The van der Waals surface area contributed by atoms with E-state index >= 15 is 0 Å². The quantitative estimate of drug-likeness (QED) is 0.468. The zero-order chi connectivity index (χ0) is 16.3. The first-order valence-corrected chi connectivity index (χ1v) is 8.59. The van der Waals surface area contributed by atoms with E-state index in [1.54, 1.807) is 16.9 Å². The van der Waals surface area contributed by atoms with Gasteiger partial charge in [0.05, 0.1) is 0 Å². The van der Waals surface area contributed by atoms with Crippen LogP contribution in [0.25, 0.3) is 37.5 Å². The molecule has 5 aromatic rings. The Bertz CT molecular complexity index is 1290. The molecule has 24 heavy (non-hydrogen) atoms. The number of H-pyrrole nitrogens is 1.